The number of piperidine rings is 1. The van der Waals surface area contributed by atoms with Crippen LogP contribution in [0.1, 0.15) is 23.3 Å². The van der Waals surface area contributed by atoms with Crippen molar-refractivity contribution in [2.45, 2.75) is 32.4 Å². The minimum atomic E-state index is 0.438. The molecule has 0 aromatic carbocycles. The third-order valence-corrected chi connectivity index (χ3v) is 4.51. The average Bonchev–Trinajstić information content (AvgIpc) is 2.73. The third-order valence-electron chi connectivity index (χ3n) is 3.49. The van der Waals surface area contributed by atoms with Gasteiger partial charge in [0.2, 0.25) is 0 Å². The van der Waals surface area contributed by atoms with E-state index in [1.165, 1.54) is 23.5 Å². The Morgan fingerprint density at radius 1 is 1.47 bits per heavy atom. The maximum atomic E-state index is 5.89. The van der Waals surface area contributed by atoms with Crippen molar-refractivity contribution < 1.29 is 0 Å². The van der Waals surface area contributed by atoms with Crippen molar-refractivity contribution in [1.29, 1.82) is 0 Å². The first kappa shape index (κ1) is 13.0. The zero-order chi connectivity index (χ0) is 12.1. The molecule has 0 unspecified atom stereocenters. The van der Waals surface area contributed by atoms with Crippen molar-refractivity contribution in [3.63, 3.8) is 0 Å². The lowest BCUT2D eigenvalue weighted by molar-refractivity contribution is 0.213. The number of thiophene rings is 1. The lowest BCUT2D eigenvalue weighted by Gasteiger charge is -2.29. The van der Waals surface area contributed by atoms with Crippen LogP contribution in [0, 0.1) is 6.92 Å². The van der Waals surface area contributed by atoms with Crippen molar-refractivity contribution in [2.75, 3.05) is 26.2 Å². The third kappa shape index (κ3) is 4.07. The fourth-order valence-corrected chi connectivity index (χ4v) is 3.08. The molecule has 1 aliphatic rings. The molecular formula is C13H23N3S. The Balaban J connectivity index is 1.59. The van der Waals surface area contributed by atoms with Gasteiger partial charge >= 0.3 is 0 Å². The maximum absolute atomic E-state index is 5.89. The van der Waals surface area contributed by atoms with Crippen LogP contribution in [-0.2, 0) is 6.54 Å². The molecule has 2 heterocycles. The zero-order valence-electron chi connectivity index (χ0n) is 10.6. The second-order valence-corrected chi connectivity index (χ2v) is 5.88. The molecule has 1 saturated heterocycles. The molecule has 0 atom stereocenters. The van der Waals surface area contributed by atoms with E-state index in [4.69, 9.17) is 5.73 Å². The molecule has 0 spiro atoms. The SMILES string of the molecule is Cc1ccsc1CNCCN1CCC(N)CC1. The van der Waals surface area contributed by atoms with Gasteiger partial charge in [0.25, 0.3) is 0 Å². The first-order valence-electron chi connectivity index (χ1n) is 6.47. The molecule has 0 saturated carbocycles. The second kappa shape index (κ2) is 6.50. The minimum absolute atomic E-state index is 0.438. The summed E-state index contributed by atoms with van der Waals surface area (Å²) >= 11 is 1.84. The smallest absolute Gasteiger partial charge is 0.0302 e. The minimum Gasteiger partial charge on any atom is -0.328 e. The standard InChI is InChI=1S/C13H23N3S/c1-11-4-9-17-13(11)10-15-5-8-16-6-2-12(14)3-7-16/h4,9,12,15H,2-3,5-8,10,14H2,1H3. The van der Waals surface area contributed by atoms with Gasteiger partial charge < -0.3 is 16.0 Å². The van der Waals surface area contributed by atoms with E-state index in [1.54, 1.807) is 0 Å². The molecule has 3 N–H and O–H groups in total. The van der Waals surface area contributed by atoms with Crippen LogP contribution in [0.5, 0.6) is 0 Å². The van der Waals surface area contributed by atoms with Gasteiger partial charge in [-0.05, 0) is 49.9 Å². The van der Waals surface area contributed by atoms with Gasteiger partial charge in [-0.15, -0.1) is 11.3 Å². The van der Waals surface area contributed by atoms with Gasteiger partial charge in [-0.2, -0.15) is 0 Å². The predicted octanol–water partition coefficient (Wildman–Crippen LogP) is 1.57. The number of aryl methyl sites for hydroxylation is 1. The first-order chi connectivity index (χ1) is 8.25. The van der Waals surface area contributed by atoms with Crippen LogP contribution >= 0.6 is 11.3 Å². The monoisotopic (exact) mass is 253 g/mol. The lowest BCUT2D eigenvalue weighted by Crippen LogP contribution is -2.42. The summed E-state index contributed by atoms with van der Waals surface area (Å²) in [5.74, 6) is 0. The topological polar surface area (TPSA) is 41.3 Å². The van der Waals surface area contributed by atoms with Crippen molar-refractivity contribution in [3.8, 4) is 0 Å². The maximum Gasteiger partial charge on any atom is 0.0302 e. The molecule has 1 aliphatic heterocycles. The quantitative estimate of drug-likeness (QED) is 0.783. The molecule has 0 radical (unpaired) electrons. The number of nitrogens with zero attached hydrogens (tertiary/aromatic N) is 1. The van der Waals surface area contributed by atoms with Crippen molar-refractivity contribution in [2.24, 2.45) is 5.73 Å². The Morgan fingerprint density at radius 2 is 2.24 bits per heavy atom. The van der Waals surface area contributed by atoms with E-state index in [1.807, 2.05) is 11.3 Å². The molecule has 0 bridgehead atoms. The summed E-state index contributed by atoms with van der Waals surface area (Å²) in [4.78, 5) is 3.98. The summed E-state index contributed by atoms with van der Waals surface area (Å²) in [6, 6.07) is 2.63. The highest BCUT2D eigenvalue weighted by Gasteiger charge is 2.14. The molecule has 1 aromatic heterocycles. The Kier molecular flexibility index (Phi) is 4.98. The number of nitrogens with two attached hydrogens (primary N) is 1. The highest BCUT2D eigenvalue weighted by molar-refractivity contribution is 7.10. The molecule has 0 aliphatic carbocycles. The van der Waals surface area contributed by atoms with Crippen LogP contribution in [-0.4, -0.2) is 37.1 Å². The summed E-state index contributed by atoms with van der Waals surface area (Å²) in [5.41, 5.74) is 7.30. The molecule has 96 valence electrons. The highest BCUT2D eigenvalue weighted by Crippen LogP contribution is 2.14. The van der Waals surface area contributed by atoms with Gasteiger partial charge in [0.1, 0.15) is 0 Å². The fraction of sp³-hybridized carbons (Fsp3) is 0.692. The number of rotatable bonds is 5. The predicted molar refractivity (Wildman–Crippen MR) is 74.4 cm³/mol. The number of likely N-dealkylation sites (tertiary alicyclic amines) is 1. The molecule has 17 heavy (non-hydrogen) atoms. The zero-order valence-corrected chi connectivity index (χ0v) is 11.4. The summed E-state index contributed by atoms with van der Waals surface area (Å²) in [7, 11) is 0. The van der Waals surface area contributed by atoms with E-state index in [2.05, 4.69) is 28.6 Å². The molecule has 3 nitrogen and oxygen atoms in total. The van der Waals surface area contributed by atoms with Crippen molar-refractivity contribution in [1.82, 2.24) is 10.2 Å². The van der Waals surface area contributed by atoms with Gasteiger partial charge in [-0.25, -0.2) is 0 Å². The highest BCUT2D eigenvalue weighted by atomic mass is 32.1. The summed E-state index contributed by atoms with van der Waals surface area (Å²) in [6.07, 6.45) is 2.31. The number of nitrogens with one attached hydrogen (secondary N) is 1. The summed E-state index contributed by atoms with van der Waals surface area (Å²) in [6.45, 7) is 7.75. The Hall–Kier alpha value is -0.420. The van der Waals surface area contributed by atoms with Crippen LogP contribution in [0.3, 0.4) is 0 Å². The molecule has 2 rings (SSSR count). The van der Waals surface area contributed by atoms with E-state index in [0.717, 1.165) is 32.5 Å². The normalized spacial score (nSPS) is 18.7. The molecule has 1 aromatic rings. The Bertz CT molecular complexity index is 329. The van der Waals surface area contributed by atoms with Crippen molar-refractivity contribution >= 4 is 11.3 Å². The van der Waals surface area contributed by atoms with Crippen LogP contribution in [0.4, 0.5) is 0 Å². The number of hydrogen-bond acceptors (Lipinski definition) is 4. The Morgan fingerprint density at radius 3 is 2.88 bits per heavy atom. The summed E-state index contributed by atoms with van der Waals surface area (Å²) < 4.78 is 0. The van der Waals surface area contributed by atoms with Gasteiger partial charge in [0, 0.05) is 30.6 Å². The van der Waals surface area contributed by atoms with E-state index in [9.17, 15) is 0 Å². The lowest BCUT2D eigenvalue weighted by atomic mass is 10.1. The molecule has 0 amide bonds. The van der Waals surface area contributed by atoms with E-state index in [-0.39, 0.29) is 0 Å². The van der Waals surface area contributed by atoms with E-state index >= 15 is 0 Å². The van der Waals surface area contributed by atoms with Gasteiger partial charge in [-0.1, -0.05) is 0 Å². The van der Waals surface area contributed by atoms with Crippen molar-refractivity contribution in [3.05, 3.63) is 21.9 Å². The van der Waals surface area contributed by atoms with Crippen LogP contribution in [0.15, 0.2) is 11.4 Å². The fourth-order valence-electron chi connectivity index (χ4n) is 2.20. The Labute approximate surface area is 108 Å². The molecule has 4 heteroatoms. The average molecular weight is 253 g/mol. The largest absolute Gasteiger partial charge is 0.328 e. The summed E-state index contributed by atoms with van der Waals surface area (Å²) in [5, 5.41) is 5.69. The van der Waals surface area contributed by atoms with Gasteiger partial charge in [0.05, 0.1) is 0 Å². The second-order valence-electron chi connectivity index (χ2n) is 4.88. The first-order valence-corrected chi connectivity index (χ1v) is 7.35. The van der Waals surface area contributed by atoms with E-state index in [0.29, 0.717) is 6.04 Å². The molecular weight excluding hydrogens is 230 g/mol. The van der Waals surface area contributed by atoms with E-state index < -0.39 is 0 Å². The van der Waals surface area contributed by atoms with Gasteiger partial charge in [-0.3, -0.25) is 0 Å². The molecule has 1 fully saturated rings. The van der Waals surface area contributed by atoms with Crippen LogP contribution < -0.4 is 11.1 Å². The van der Waals surface area contributed by atoms with Crippen LogP contribution in [0.2, 0.25) is 0 Å². The van der Waals surface area contributed by atoms with Crippen LogP contribution in [0.25, 0.3) is 0 Å². The number of hydrogen-bond donors (Lipinski definition) is 2. The van der Waals surface area contributed by atoms with Gasteiger partial charge in [0.15, 0.2) is 0 Å².